The molecule has 0 unspecified atom stereocenters. The van der Waals surface area contributed by atoms with E-state index in [1.165, 1.54) is 12.5 Å². The van der Waals surface area contributed by atoms with Crippen molar-refractivity contribution in [2.24, 2.45) is 0 Å². The summed E-state index contributed by atoms with van der Waals surface area (Å²) in [6.07, 6.45) is 3.04. The van der Waals surface area contributed by atoms with E-state index in [1.807, 2.05) is 20.8 Å². The SMILES string of the molecule is CC(C)(C)[S@@](=O)NCc1nccc(-c2cc(CO)cc3ccoc23)c1F. The van der Waals surface area contributed by atoms with Crippen molar-refractivity contribution in [2.75, 3.05) is 0 Å². The van der Waals surface area contributed by atoms with E-state index in [1.54, 1.807) is 24.3 Å². The highest BCUT2D eigenvalue weighted by Crippen LogP contribution is 2.33. The van der Waals surface area contributed by atoms with E-state index >= 15 is 4.39 Å². The first-order valence-electron chi connectivity index (χ1n) is 8.21. The number of benzene rings is 1. The molecule has 138 valence electrons. The van der Waals surface area contributed by atoms with E-state index in [0.29, 0.717) is 22.3 Å². The standard InChI is InChI=1S/C19H21FN2O3S/c1-19(2,3)26(24)22-10-16-17(20)14(4-6-21-16)15-9-12(11-23)8-13-5-7-25-18(13)15/h4-9,22-23H,10-11H2,1-3H3/t26-/m1/s1. The molecule has 0 bridgehead atoms. The average molecular weight is 376 g/mol. The van der Waals surface area contributed by atoms with E-state index in [4.69, 9.17) is 4.42 Å². The molecule has 0 amide bonds. The highest BCUT2D eigenvalue weighted by Gasteiger charge is 2.21. The van der Waals surface area contributed by atoms with E-state index in [0.717, 1.165) is 5.39 Å². The Morgan fingerprint density at radius 1 is 1.27 bits per heavy atom. The first kappa shape index (κ1) is 18.7. The number of fused-ring (bicyclic) bond motifs is 1. The molecule has 0 aliphatic carbocycles. The Morgan fingerprint density at radius 3 is 2.73 bits per heavy atom. The van der Waals surface area contributed by atoms with Gasteiger partial charge in [0, 0.05) is 22.7 Å². The molecule has 0 aliphatic heterocycles. The number of nitrogens with zero attached hydrogens (tertiary/aromatic N) is 1. The summed E-state index contributed by atoms with van der Waals surface area (Å²) in [5.74, 6) is -0.501. The molecule has 0 radical (unpaired) electrons. The molecular formula is C19H21FN2O3S. The van der Waals surface area contributed by atoms with Crippen molar-refractivity contribution in [3.8, 4) is 11.1 Å². The first-order valence-corrected chi connectivity index (χ1v) is 9.36. The van der Waals surface area contributed by atoms with Gasteiger partial charge in [0.05, 0.1) is 40.8 Å². The van der Waals surface area contributed by atoms with Crippen LogP contribution in [0.2, 0.25) is 0 Å². The van der Waals surface area contributed by atoms with Gasteiger partial charge in [-0.3, -0.25) is 4.98 Å². The van der Waals surface area contributed by atoms with Gasteiger partial charge in [-0.05, 0) is 50.6 Å². The third kappa shape index (κ3) is 3.70. The summed E-state index contributed by atoms with van der Waals surface area (Å²) in [5, 5.41) is 10.3. The molecule has 2 aromatic heterocycles. The second-order valence-electron chi connectivity index (χ2n) is 6.96. The van der Waals surface area contributed by atoms with Gasteiger partial charge in [-0.1, -0.05) is 0 Å². The van der Waals surface area contributed by atoms with Crippen molar-refractivity contribution in [1.82, 2.24) is 9.71 Å². The third-order valence-corrected chi connectivity index (χ3v) is 5.49. The van der Waals surface area contributed by atoms with Crippen LogP contribution in [-0.4, -0.2) is 19.0 Å². The molecule has 0 saturated heterocycles. The third-order valence-electron chi connectivity index (χ3n) is 3.97. The van der Waals surface area contributed by atoms with Gasteiger partial charge >= 0.3 is 0 Å². The average Bonchev–Trinajstić information content (AvgIpc) is 3.07. The molecule has 0 fully saturated rings. The summed E-state index contributed by atoms with van der Waals surface area (Å²) in [7, 11) is -1.33. The summed E-state index contributed by atoms with van der Waals surface area (Å²) in [4.78, 5) is 4.08. The van der Waals surface area contributed by atoms with Crippen LogP contribution >= 0.6 is 0 Å². The number of pyridine rings is 1. The number of aromatic nitrogens is 1. The number of hydrogen-bond donors (Lipinski definition) is 2. The maximum Gasteiger partial charge on any atom is 0.154 e. The van der Waals surface area contributed by atoms with Gasteiger partial charge in [-0.2, -0.15) is 0 Å². The second kappa shape index (κ2) is 7.26. The molecule has 26 heavy (non-hydrogen) atoms. The number of hydrogen-bond acceptors (Lipinski definition) is 4. The van der Waals surface area contributed by atoms with Crippen LogP contribution in [0, 0.1) is 5.82 Å². The number of aliphatic hydroxyl groups excluding tert-OH is 1. The fourth-order valence-corrected chi connectivity index (χ4v) is 3.30. The molecule has 2 N–H and O–H groups in total. The van der Waals surface area contributed by atoms with Gasteiger partial charge in [0.2, 0.25) is 0 Å². The molecule has 2 heterocycles. The number of halogens is 1. The normalized spacial score (nSPS) is 13.3. The topological polar surface area (TPSA) is 75.4 Å². The number of nitrogens with one attached hydrogen (secondary N) is 1. The first-order chi connectivity index (χ1) is 12.3. The lowest BCUT2D eigenvalue weighted by Gasteiger charge is -2.18. The van der Waals surface area contributed by atoms with Crippen LogP contribution in [0.25, 0.3) is 22.1 Å². The minimum absolute atomic E-state index is 0.0462. The molecule has 0 spiro atoms. The highest BCUT2D eigenvalue weighted by molar-refractivity contribution is 7.84. The molecule has 0 aliphatic rings. The van der Waals surface area contributed by atoms with Gasteiger partial charge in [-0.15, -0.1) is 0 Å². The van der Waals surface area contributed by atoms with Crippen molar-refractivity contribution < 1.29 is 18.1 Å². The summed E-state index contributed by atoms with van der Waals surface area (Å²) in [6, 6.07) is 6.84. The van der Waals surface area contributed by atoms with Gasteiger partial charge in [0.15, 0.2) is 5.82 Å². The van der Waals surface area contributed by atoms with Crippen molar-refractivity contribution in [1.29, 1.82) is 0 Å². The zero-order chi connectivity index (χ0) is 18.9. The lowest BCUT2D eigenvalue weighted by atomic mass is 10.00. The van der Waals surface area contributed by atoms with Crippen LogP contribution in [0.5, 0.6) is 0 Å². The van der Waals surface area contributed by atoms with Gasteiger partial charge in [-0.25, -0.2) is 13.3 Å². The van der Waals surface area contributed by atoms with E-state index in [2.05, 4.69) is 9.71 Å². The Balaban J connectivity index is 2.00. The fraction of sp³-hybridized carbons (Fsp3) is 0.316. The van der Waals surface area contributed by atoms with E-state index in [-0.39, 0.29) is 18.8 Å². The zero-order valence-corrected chi connectivity index (χ0v) is 15.7. The summed E-state index contributed by atoms with van der Waals surface area (Å²) < 4.78 is 35.1. The lowest BCUT2D eigenvalue weighted by Crippen LogP contribution is -2.33. The Labute approximate surface area is 153 Å². The predicted molar refractivity (Wildman–Crippen MR) is 100 cm³/mol. The van der Waals surface area contributed by atoms with Crippen LogP contribution in [0.3, 0.4) is 0 Å². The smallest absolute Gasteiger partial charge is 0.154 e. The largest absolute Gasteiger partial charge is 0.464 e. The van der Waals surface area contributed by atoms with Crippen molar-refractivity contribution >= 4 is 22.0 Å². The van der Waals surface area contributed by atoms with E-state index < -0.39 is 21.5 Å². The number of rotatable bonds is 5. The Hall–Kier alpha value is -2.09. The second-order valence-corrected chi connectivity index (χ2v) is 9.01. The highest BCUT2D eigenvalue weighted by atomic mass is 32.2. The summed E-state index contributed by atoms with van der Waals surface area (Å²) >= 11 is 0. The minimum atomic E-state index is -1.33. The quantitative estimate of drug-likeness (QED) is 0.712. The minimum Gasteiger partial charge on any atom is -0.464 e. The summed E-state index contributed by atoms with van der Waals surface area (Å²) in [6.45, 7) is 5.41. The summed E-state index contributed by atoms with van der Waals surface area (Å²) in [5.41, 5.74) is 2.26. The van der Waals surface area contributed by atoms with Gasteiger partial charge in [0.1, 0.15) is 5.58 Å². The van der Waals surface area contributed by atoms with Crippen LogP contribution in [0.1, 0.15) is 32.0 Å². The predicted octanol–water partition coefficient (Wildman–Crippen LogP) is 3.68. The molecule has 1 atom stereocenters. The molecule has 3 rings (SSSR count). The van der Waals surface area contributed by atoms with Crippen molar-refractivity contribution in [3.05, 3.63) is 53.8 Å². The van der Waals surface area contributed by atoms with Crippen LogP contribution in [0.15, 0.2) is 41.1 Å². The molecule has 5 nitrogen and oxygen atoms in total. The molecule has 7 heteroatoms. The number of aliphatic hydroxyl groups is 1. The monoisotopic (exact) mass is 376 g/mol. The van der Waals surface area contributed by atoms with Crippen molar-refractivity contribution in [3.63, 3.8) is 0 Å². The Morgan fingerprint density at radius 2 is 2.04 bits per heavy atom. The molecule has 0 saturated carbocycles. The maximum absolute atomic E-state index is 15.1. The van der Waals surface area contributed by atoms with Crippen LogP contribution in [0.4, 0.5) is 4.39 Å². The molecular weight excluding hydrogens is 355 g/mol. The zero-order valence-electron chi connectivity index (χ0n) is 14.9. The Kier molecular flexibility index (Phi) is 5.22. The number of furan rings is 1. The van der Waals surface area contributed by atoms with Gasteiger partial charge < -0.3 is 9.52 Å². The maximum atomic E-state index is 15.1. The lowest BCUT2D eigenvalue weighted by molar-refractivity contribution is 0.282. The molecule has 1 aromatic carbocycles. The molecule has 3 aromatic rings. The van der Waals surface area contributed by atoms with E-state index in [9.17, 15) is 9.32 Å². The van der Waals surface area contributed by atoms with Crippen molar-refractivity contribution in [2.45, 2.75) is 38.7 Å². The van der Waals surface area contributed by atoms with Crippen LogP contribution < -0.4 is 4.72 Å². The van der Waals surface area contributed by atoms with Gasteiger partial charge in [0.25, 0.3) is 0 Å². The van der Waals surface area contributed by atoms with Crippen LogP contribution in [-0.2, 0) is 24.1 Å². The Bertz CT molecular complexity index is 963. The fourth-order valence-electron chi connectivity index (χ4n) is 2.60.